The molecule has 0 fully saturated rings. The molecule has 0 aliphatic rings. The number of pyridine rings is 1. The number of benzene rings is 1. The molecule has 15 heavy (non-hydrogen) atoms. The highest BCUT2D eigenvalue weighted by atomic mass is 14.6. The molecular formula is C13H16N2. The Balaban J connectivity index is 2.50. The van der Waals surface area contributed by atoms with E-state index in [1.807, 2.05) is 12.4 Å². The summed E-state index contributed by atoms with van der Waals surface area (Å²) in [5, 5.41) is 2.54. The molecule has 0 radical (unpaired) electrons. The van der Waals surface area contributed by atoms with Gasteiger partial charge in [0.25, 0.3) is 0 Å². The average Bonchev–Trinajstić information content (AvgIpc) is 2.25. The SMILES string of the molecule is Cc1cc(CCCN)c2ccncc2c1. The van der Waals surface area contributed by atoms with Gasteiger partial charge in [-0.25, -0.2) is 0 Å². The molecule has 0 atom stereocenters. The van der Waals surface area contributed by atoms with Gasteiger partial charge in [-0.15, -0.1) is 0 Å². The van der Waals surface area contributed by atoms with Crippen molar-refractivity contribution < 1.29 is 0 Å². The zero-order chi connectivity index (χ0) is 10.7. The number of hydrogen-bond donors (Lipinski definition) is 1. The summed E-state index contributed by atoms with van der Waals surface area (Å²) in [5.41, 5.74) is 8.23. The molecule has 2 N–H and O–H groups in total. The van der Waals surface area contributed by atoms with Crippen molar-refractivity contribution in [2.75, 3.05) is 6.54 Å². The molecule has 2 nitrogen and oxygen atoms in total. The van der Waals surface area contributed by atoms with Gasteiger partial charge in [-0.1, -0.05) is 11.6 Å². The van der Waals surface area contributed by atoms with Crippen molar-refractivity contribution in [2.24, 2.45) is 5.73 Å². The summed E-state index contributed by atoms with van der Waals surface area (Å²) in [6.07, 6.45) is 5.87. The van der Waals surface area contributed by atoms with Gasteiger partial charge in [-0.2, -0.15) is 0 Å². The molecule has 1 aromatic carbocycles. The van der Waals surface area contributed by atoms with Crippen molar-refractivity contribution in [3.63, 3.8) is 0 Å². The largest absolute Gasteiger partial charge is 0.330 e. The molecule has 0 bridgehead atoms. The number of rotatable bonds is 3. The zero-order valence-corrected chi connectivity index (χ0v) is 9.03. The first-order valence-electron chi connectivity index (χ1n) is 5.34. The molecule has 0 saturated heterocycles. The number of fused-ring (bicyclic) bond motifs is 1. The van der Waals surface area contributed by atoms with E-state index in [0.717, 1.165) is 19.4 Å². The van der Waals surface area contributed by atoms with Crippen LogP contribution in [0, 0.1) is 6.92 Å². The Bertz CT molecular complexity index is 463. The van der Waals surface area contributed by atoms with Crippen molar-refractivity contribution in [3.05, 3.63) is 41.7 Å². The maximum atomic E-state index is 5.55. The second-order valence-electron chi connectivity index (χ2n) is 3.91. The smallest absolute Gasteiger partial charge is 0.0346 e. The lowest BCUT2D eigenvalue weighted by molar-refractivity contribution is 0.836. The lowest BCUT2D eigenvalue weighted by atomic mass is 10.00. The molecule has 1 heterocycles. The maximum absolute atomic E-state index is 5.55. The van der Waals surface area contributed by atoms with Crippen LogP contribution in [0.4, 0.5) is 0 Å². The van der Waals surface area contributed by atoms with Crippen molar-refractivity contribution in [2.45, 2.75) is 19.8 Å². The van der Waals surface area contributed by atoms with Crippen LogP contribution in [0.3, 0.4) is 0 Å². The summed E-state index contributed by atoms with van der Waals surface area (Å²) in [4.78, 5) is 4.15. The minimum absolute atomic E-state index is 0.751. The van der Waals surface area contributed by atoms with E-state index in [1.54, 1.807) is 0 Å². The minimum Gasteiger partial charge on any atom is -0.330 e. The van der Waals surface area contributed by atoms with Crippen molar-refractivity contribution in [1.29, 1.82) is 0 Å². The normalized spacial score (nSPS) is 10.8. The van der Waals surface area contributed by atoms with E-state index in [4.69, 9.17) is 5.73 Å². The van der Waals surface area contributed by atoms with Crippen molar-refractivity contribution in [1.82, 2.24) is 4.98 Å². The second-order valence-corrected chi connectivity index (χ2v) is 3.91. The molecule has 78 valence electrons. The molecule has 2 aromatic rings. The quantitative estimate of drug-likeness (QED) is 0.826. The van der Waals surface area contributed by atoms with Gasteiger partial charge in [0.05, 0.1) is 0 Å². The van der Waals surface area contributed by atoms with Crippen LogP contribution >= 0.6 is 0 Å². The van der Waals surface area contributed by atoms with Crippen LogP contribution in [-0.2, 0) is 6.42 Å². The predicted octanol–water partition coefficient (Wildman–Crippen LogP) is 2.43. The fraction of sp³-hybridized carbons (Fsp3) is 0.308. The monoisotopic (exact) mass is 200 g/mol. The molecule has 2 heteroatoms. The topological polar surface area (TPSA) is 38.9 Å². The second kappa shape index (κ2) is 4.41. The van der Waals surface area contributed by atoms with Gasteiger partial charge in [0.15, 0.2) is 0 Å². The van der Waals surface area contributed by atoms with E-state index in [0.29, 0.717) is 0 Å². The van der Waals surface area contributed by atoms with E-state index in [-0.39, 0.29) is 0 Å². The third kappa shape index (κ3) is 2.16. The number of nitrogens with two attached hydrogens (primary N) is 1. The number of hydrogen-bond acceptors (Lipinski definition) is 2. The molecule has 0 aliphatic heterocycles. The summed E-state index contributed by atoms with van der Waals surface area (Å²) in [6.45, 7) is 2.87. The van der Waals surface area contributed by atoms with Crippen LogP contribution in [0.25, 0.3) is 10.8 Å². The Morgan fingerprint density at radius 3 is 3.00 bits per heavy atom. The molecular weight excluding hydrogens is 184 g/mol. The third-order valence-electron chi connectivity index (χ3n) is 2.63. The molecule has 2 rings (SSSR count). The Kier molecular flexibility index (Phi) is 2.97. The summed E-state index contributed by atoms with van der Waals surface area (Å²) >= 11 is 0. The van der Waals surface area contributed by atoms with Crippen LogP contribution in [-0.4, -0.2) is 11.5 Å². The van der Waals surface area contributed by atoms with Crippen LogP contribution in [0.2, 0.25) is 0 Å². The number of nitrogens with zero attached hydrogens (tertiary/aromatic N) is 1. The zero-order valence-electron chi connectivity index (χ0n) is 9.03. The van der Waals surface area contributed by atoms with Gasteiger partial charge in [-0.3, -0.25) is 4.98 Å². The highest BCUT2D eigenvalue weighted by Gasteiger charge is 2.01. The fourth-order valence-electron chi connectivity index (χ4n) is 1.95. The van der Waals surface area contributed by atoms with Crippen LogP contribution in [0.1, 0.15) is 17.5 Å². The van der Waals surface area contributed by atoms with Gasteiger partial charge < -0.3 is 5.73 Å². The maximum Gasteiger partial charge on any atom is 0.0346 e. The molecule has 0 unspecified atom stereocenters. The van der Waals surface area contributed by atoms with Crippen LogP contribution in [0.15, 0.2) is 30.6 Å². The first-order valence-corrected chi connectivity index (χ1v) is 5.34. The van der Waals surface area contributed by atoms with Gasteiger partial charge >= 0.3 is 0 Å². The standard InChI is InChI=1S/C13H16N2/c1-10-7-11(3-2-5-14)13-4-6-15-9-12(13)8-10/h4,6-9H,2-3,5,14H2,1H3. The summed E-state index contributed by atoms with van der Waals surface area (Å²) < 4.78 is 0. The van der Waals surface area contributed by atoms with Gasteiger partial charge in [0.2, 0.25) is 0 Å². The Morgan fingerprint density at radius 2 is 2.20 bits per heavy atom. The first kappa shape index (κ1) is 10.1. The molecule has 0 amide bonds. The van der Waals surface area contributed by atoms with Crippen LogP contribution < -0.4 is 5.73 Å². The highest BCUT2D eigenvalue weighted by Crippen LogP contribution is 2.21. The van der Waals surface area contributed by atoms with Gasteiger partial charge in [-0.05, 0) is 49.4 Å². The number of aromatic nitrogens is 1. The molecule has 0 saturated carbocycles. The van der Waals surface area contributed by atoms with E-state index in [9.17, 15) is 0 Å². The number of aryl methyl sites for hydroxylation is 2. The van der Waals surface area contributed by atoms with E-state index in [1.165, 1.54) is 21.9 Å². The molecule has 1 aromatic heterocycles. The van der Waals surface area contributed by atoms with E-state index in [2.05, 4.69) is 30.1 Å². The van der Waals surface area contributed by atoms with Gasteiger partial charge in [0, 0.05) is 17.8 Å². The lowest BCUT2D eigenvalue weighted by Gasteiger charge is -2.07. The summed E-state index contributed by atoms with van der Waals surface area (Å²) in [5.74, 6) is 0. The van der Waals surface area contributed by atoms with E-state index >= 15 is 0 Å². The van der Waals surface area contributed by atoms with Crippen molar-refractivity contribution in [3.8, 4) is 0 Å². The highest BCUT2D eigenvalue weighted by molar-refractivity contribution is 5.85. The van der Waals surface area contributed by atoms with Gasteiger partial charge in [0.1, 0.15) is 0 Å². The molecule has 0 spiro atoms. The Hall–Kier alpha value is -1.41. The first-order chi connectivity index (χ1) is 7.31. The van der Waals surface area contributed by atoms with E-state index < -0.39 is 0 Å². The fourth-order valence-corrected chi connectivity index (χ4v) is 1.95. The third-order valence-corrected chi connectivity index (χ3v) is 2.63. The average molecular weight is 200 g/mol. The Labute approximate surface area is 90.1 Å². The minimum atomic E-state index is 0.751. The van der Waals surface area contributed by atoms with Crippen molar-refractivity contribution >= 4 is 10.8 Å². The Morgan fingerprint density at radius 1 is 1.33 bits per heavy atom. The lowest BCUT2D eigenvalue weighted by Crippen LogP contribution is -2.01. The predicted molar refractivity (Wildman–Crippen MR) is 63.9 cm³/mol. The van der Waals surface area contributed by atoms with Crippen LogP contribution in [0.5, 0.6) is 0 Å². The summed E-state index contributed by atoms with van der Waals surface area (Å²) in [6, 6.07) is 6.51. The summed E-state index contributed by atoms with van der Waals surface area (Å²) in [7, 11) is 0. The molecule has 0 aliphatic carbocycles.